The lowest BCUT2D eigenvalue weighted by molar-refractivity contribution is -0.147. The van der Waals surface area contributed by atoms with Gasteiger partial charge < -0.3 is 14.8 Å². The first kappa shape index (κ1) is 22.1. The topological polar surface area (TPSA) is 81.7 Å². The molecule has 0 aromatic heterocycles. The standard InChI is InChI=1S/C23H27NO5/c1-16(25)17-6-5-7-19(14-17)24-21(26)15-29-22(27)12-13-28-20-10-8-18(9-11-20)23(2,3)4/h5-11,14H,12-13,15H2,1-4H3,(H,24,26). The summed E-state index contributed by atoms with van der Waals surface area (Å²) in [5.41, 5.74) is 2.23. The zero-order chi connectivity index (χ0) is 21.4. The quantitative estimate of drug-likeness (QED) is 0.535. The zero-order valence-corrected chi connectivity index (χ0v) is 17.3. The average molecular weight is 397 g/mol. The Balaban J connectivity index is 1.71. The minimum Gasteiger partial charge on any atom is -0.493 e. The lowest BCUT2D eigenvalue weighted by Crippen LogP contribution is -2.21. The number of rotatable bonds is 8. The summed E-state index contributed by atoms with van der Waals surface area (Å²) in [6.45, 7) is 7.61. The second-order valence-corrected chi connectivity index (χ2v) is 7.72. The Morgan fingerprint density at radius 1 is 1.00 bits per heavy atom. The van der Waals surface area contributed by atoms with Crippen LogP contribution in [0.3, 0.4) is 0 Å². The van der Waals surface area contributed by atoms with Crippen LogP contribution in [0, 0.1) is 0 Å². The highest BCUT2D eigenvalue weighted by molar-refractivity contribution is 5.97. The molecule has 6 nitrogen and oxygen atoms in total. The van der Waals surface area contributed by atoms with Crippen LogP contribution < -0.4 is 10.1 Å². The molecule has 0 spiro atoms. The van der Waals surface area contributed by atoms with Gasteiger partial charge in [-0.1, -0.05) is 45.0 Å². The van der Waals surface area contributed by atoms with Gasteiger partial charge in [0.05, 0.1) is 13.0 Å². The molecule has 29 heavy (non-hydrogen) atoms. The largest absolute Gasteiger partial charge is 0.493 e. The van der Waals surface area contributed by atoms with Gasteiger partial charge in [-0.05, 0) is 42.2 Å². The second-order valence-electron chi connectivity index (χ2n) is 7.72. The summed E-state index contributed by atoms with van der Waals surface area (Å²) >= 11 is 0. The van der Waals surface area contributed by atoms with Crippen LogP contribution in [0.1, 0.15) is 50.0 Å². The Morgan fingerprint density at radius 3 is 2.31 bits per heavy atom. The number of hydrogen-bond acceptors (Lipinski definition) is 5. The molecule has 0 aliphatic rings. The minimum absolute atomic E-state index is 0.0358. The summed E-state index contributed by atoms with van der Waals surface area (Å²) in [5, 5.41) is 2.59. The van der Waals surface area contributed by atoms with Crippen LogP contribution in [0.5, 0.6) is 5.75 Å². The lowest BCUT2D eigenvalue weighted by atomic mass is 9.87. The van der Waals surface area contributed by atoms with Gasteiger partial charge in [-0.2, -0.15) is 0 Å². The van der Waals surface area contributed by atoms with Gasteiger partial charge in [0.2, 0.25) is 0 Å². The van der Waals surface area contributed by atoms with E-state index >= 15 is 0 Å². The Morgan fingerprint density at radius 2 is 1.69 bits per heavy atom. The van der Waals surface area contributed by atoms with Crippen molar-refractivity contribution >= 4 is 23.3 Å². The Hall–Kier alpha value is -3.15. The molecule has 1 N–H and O–H groups in total. The fraction of sp³-hybridized carbons (Fsp3) is 0.348. The summed E-state index contributed by atoms with van der Waals surface area (Å²) in [6, 6.07) is 14.3. The third-order valence-electron chi connectivity index (χ3n) is 4.21. The van der Waals surface area contributed by atoms with Crippen molar-refractivity contribution in [2.45, 2.75) is 39.5 Å². The van der Waals surface area contributed by atoms with E-state index in [4.69, 9.17) is 9.47 Å². The summed E-state index contributed by atoms with van der Waals surface area (Å²) in [4.78, 5) is 35.1. The number of benzene rings is 2. The van der Waals surface area contributed by atoms with Crippen molar-refractivity contribution in [2.75, 3.05) is 18.5 Å². The molecule has 2 aromatic carbocycles. The van der Waals surface area contributed by atoms with E-state index in [9.17, 15) is 14.4 Å². The molecule has 0 atom stereocenters. The first-order chi connectivity index (χ1) is 13.6. The molecule has 0 aliphatic heterocycles. The third kappa shape index (κ3) is 7.41. The van der Waals surface area contributed by atoms with Gasteiger partial charge in [0.15, 0.2) is 12.4 Å². The summed E-state index contributed by atoms with van der Waals surface area (Å²) < 4.78 is 10.5. The van der Waals surface area contributed by atoms with E-state index in [1.54, 1.807) is 24.3 Å². The highest BCUT2D eigenvalue weighted by Crippen LogP contribution is 2.24. The first-order valence-electron chi connectivity index (χ1n) is 9.45. The van der Waals surface area contributed by atoms with Gasteiger partial charge in [-0.3, -0.25) is 14.4 Å². The van der Waals surface area contributed by atoms with Crippen molar-refractivity contribution in [3.8, 4) is 5.75 Å². The van der Waals surface area contributed by atoms with Crippen LogP contribution in [-0.2, 0) is 19.7 Å². The monoisotopic (exact) mass is 397 g/mol. The van der Waals surface area contributed by atoms with Crippen molar-refractivity contribution in [1.29, 1.82) is 0 Å². The van der Waals surface area contributed by atoms with E-state index < -0.39 is 18.5 Å². The van der Waals surface area contributed by atoms with E-state index in [1.165, 1.54) is 12.5 Å². The van der Waals surface area contributed by atoms with Crippen molar-refractivity contribution in [3.05, 3.63) is 59.7 Å². The maximum absolute atomic E-state index is 11.9. The van der Waals surface area contributed by atoms with Gasteiger partial charge >= 0.3 is 5.97 Å². The van der Waals surface area contributed by atoms with Gasteiger partial charge in [0.1, 0.15) is 5.75 Å². The normalized spacial score (nSPS) is 10.9. The smallest absolute Gasteiger partial charge is 0.309 e. The highest BCUT2D eigenvalue weighted by atomic mass is 16.5. The van der Waals surface area contributed by atoms with Crippen LogP contribution >= 0.6 is 0 Å². The van der Waals surface area contributed by atoms with Gasteiger partial charge in [0.25, 0.3) is 5.91 Å². The molecule has 2 aromatic rings. The van der Waals surface area contributed by atoms with E-state index in [0.29, 0.717) is 17.0 Å². The van der Waals surface area contributed by atoms with Crippen LogP contribution in [0.2, 0.25) is 0 Å². The molecule has 0 saturated carbocycles. The molecule has 6 heteroatoms. The number of carbonyl (C=O) groups excluding carboxylic acids is 3. The molecule has 154 valence electrons. The van der Waals surface area contributed by atoms with E-state index in [1.807, 2.05) is 24.3 Å². The van der Waals surface area contributed by atoms with Crippen LogP contribution in [0.4, 0.5) is 5.69 Å². The maximum atomic E-state index is 11.9. The van der Waals surface area contributed by atoms with Crippen molar-refractivity contribution in [3.63, 3.8) is 0 Å². The lowest BCUT2D eigenvalue weighted by Gasteiger charge is -2.19. The van der Waals surface area contributed by atoms with E-state index in [0.717, 1.165) is 0 Å². The molecule has 0 bridgehead atoms. The van der Waals surface area contributed by atoms with Crippen molar-refractivity contribution in [1.82, 2.24) is 0 Å². The first-order valence-corrected chi connectivity index (χ1v) is 9.45. The van der Waals surface area contributed by atoms with Gasteiger partial charge in [-0.25, -0.2) is 0 Å². The van der Waals surface area contributed by atoms with E-state index in [2.05, 4.69) is 26.1 Å². The molecule has 0 unspecified atom stereocenters. The van der Waals surface area contributed by atoms with Crippen molar-refractivity contribution in [2.24, 2.45) is 0 Å². The zero-order valence-electron chi connectivity index (χ0n) is 17.3. The third-order valence-corrected chi connectivity index (χ3v) is 4.21. The van der Waals surface area contributed by atoms with Gasteiger partial charge in [0, 0.05) is 11.3 Å². The van der Waals surface area contributed by atoms with E-state index in [-0.39, 0.29) is 24.2 Å². The number of nitrogens with one attached hydrogen (secondary N) is 1. The molecule has 0 fully saturated rings. The summed E-state index contributed by atoms with van der Waals surface area (Å²) in [7, 11) is 0. The Kier molecular flexibility index (Phi) is 7.53. The number of amides is 1. The Labute approximate surface area is 171 Å². The average Bonchev–Trinajstić information content (AvgIpc) is 2.66. The molecular weight excluding hydrogens is 370 g/mol. The molecular formula is C23H27NO5. The van der Waals surface area contributed by atoms with Crippen LogP contribution in [0.25, 0.3) is 0 Å². The molecule has 0 aliphatic carbocycles. The maximum Gasteiger partial charge on any atom is 0.309 e. The fourth-order valence-corrected chi connectivity index (χ4v) is 2.53. The number of esters is 1. The molecule has 0 heterocycles. The predicted molar refractivity (Wildman–Crippen MR) is 111 cm³/mol. The number of Topliss-reactive ketones (excluding diaryl/α,β-unsaturated/α-hetero) is 1. The van der Waals surface area contributed by atoms with Crippen LogP contribution in [0.15, 0.2) is 48.5 Å². The molecule has 2 rings (SSSR count). The molecule has 0 saturated heterocycles. The number of ether oxygens (including phenoxy) is 2. The predicted octanol–water partition coefficient (Wildman–Crippen LogP) is 4.14. The number of hydrogen-bond donors (Lipinski definition) is 1. The number of carbonyl (C=O) groups is 3. The second kappa shape index (κ2) is 9.87. The number of anilines is 1. The fourth-order valence-electron chi connectivity index (χ4n) is 2.53. The Bertz CT molecular complexity index is 866. The minimum atomic E-state index is -0.524. The SMILES string of the molecule is CC(=O)c1cccc(NC(=O)COC(=O)CCOc2ccc(C(C)(C)C)cc2)c1. The molecule has 0 radical (unpaired) electrons. The molecule has 1 amide bonds. The van der Waals surface area contributed by atoms with Crippen molar-refractivity contribution < 1.29 is 23.9 Å². The van der Waals surface area contributed by atoms with Crippen LogP contribution in [-0.4, -0.2) is 30.9 Å². The van der Waals surface area contributed by atoms with Gasteiger partial charge in [-0.15, -0.1) is 0 Å². The highest BCUT2D eigenvalue weighted by Gasteiger charge is 2.13. The number of ketones is 1. The summed E-state index contributed by atoms with van der Waals surface area (Å²) in [5.74, 6) is -0.420. The summed E-state index contributed by atoms with van der Waals surface area (Å²) in [6.07, 6.45) is 0.0358.